The van der Waals surface area contributed by atoms with Gasteiger partial charge in [-0.2, -0.15) is 0 Å². The quantitative estimate of drug-likeness (QED) is 0.910. The number of rotatable bonds is 2. The van der Waals surface area contributed by atoms with Crippen molar-refractivity contribution >= 4 is 17.5 Å². The molecule has 21 heavy (non-hydrogen) atoms. The summed E-state index contributed by atoms with van der Waals surface area (Å²) in [6.07, 6.45) is 5.33. The number of halogens is 1. The van der Waals surface area contributed by atoms with Crippen LogP contribution in [0.3, 0.4) is 0 Å². The van der Waals surface area contributed by atoms with Gasteiger partial charge in [-0.3, -0.25) is 9.69 Å². The Morgan fingerprint density at radius 3 is 2.76 bits per heavy atom. The summed E-state index contributed by atoms with van der Waals surface area (Å²) in [5.41, 5.74) is 1.68. The number of hydrogen-bond donors (Lipinski definition) is 1. The largest absolute Gasteiger partial charge is 0.356 e. The predicted molar refractivity (Wildman–Crippen MR) is 85.3 cm³/mol. The van der Waals surface area contributed by atoms with Crippen LogP contribution in [0.2, 0.25) is 5.02 Å². The van der Waals surface area contributed by atoms with Crippen LogP contribution in [0.25, 0.3) is 0 Å². The van der Waals surface area contributed by atoms with Crippen LogP contribution in [0.15, 0.2) is 24.3 Å². The van der Waals surface area contributed by atoms with Gasteiger partial charge < -0.3 is 5.32 Å². The van der Waals surface area contributed by atoms with E-state index in [4.69, 9.17) is 11.6 Å². The van der Waals surface area contributed by atoms with Gasteiger partial charge in [0.05, 0.1) is 0 Å². The number of carbonyl (C=O) groups is 1. The Morgan fingerprint density at radius 2 is 2.00 bits per heavy atom. The average molecular weight is 307 g/mol. The Labute approximate surface area is 131 Å². The van der Waals surface area contributed by atoms with Gasteiger partial charge in [0, 0.05) is 24.5 Å². The first-order valence-corrected chi connectivity index (χ1v) is 8.27. The number of likely N-dealkylation sites (tertiary alicyclic amines) is 1. The zero-order valence-electron chi connectivity index (χ0n) is 12.4. The molecule has 0 saturated carbocycles. The highest BCUT2D eigenvalue weighted by atomic mass is 35.5. The second kappa shape index (κ2) is 6.37. The lowest BCUT2D eigenvalue weighted by atomic mass is 9.73. The van der Waals surface area contributed by atoms with Crippen molar-refractivity contribution in [3.63, 3.8) is 0 Å². The van der Waals surface area contributed by atoms with Crippen LogP contribution in [0, 0.1) is 5.41 Å². The maximum Gasteiger partial charge on any atom is 0.220 e. The fraction of sp³-hybridized carbons (Fsp3) is 0.588. The minimum atomic E-state index is 0.230. The second-order valence-corrected chi connectivity index (χ2v) is 6.94. The van der Waals surface area contributed by atoms with Crippen LogP contribution in [-0.2, 0) is 11.3 Å². The third kappa shape index (κ3) is 3.78. The maximum atomic E-state index is 11.5. The summed E-state index contributed by atoms with van der Waals surface area (Å²) >= 11 is 6.05. The van der Waals surface area contributed by atoms with Gasteiger partial charge in [-0.05, 0) is 61.9 Å². The van der Waals surface area contributed by atoms with E-state index in [2.05, 4.69) is 22.3 Å². The van der Waals surface area contributed by atoms with E-state index in [-0.39, 0.29) is 5.91 Å². The van der Waals surface area contributed by atoms with E-state index < -0.39 is 0 Å². The molecule has 2 saturated heterocycles. The molecule has 1 N–H and O–H groups in total. The van der Waals surface area contributed by atoms with Crippen LogP contribution in [0.4, 0.5) is 0 Å². The number of piperidine rings is 1. The molecule has 1 aromatic carbocycles. The van der Waals surface area contributed by atoms with Gasteiger partial charge in [0.15, 0.2) is 0 Å². The molecule has 3 rings (SSSR count). The van der Waals surface area contributed by atoms with Gasteiger partial charge in [0.2, 0.25) is 5.91 Å². The average Bonchev–Trinajstić information content (AvgIpc) is 2.65. The molecule has 0 aliphatic carbocycles. The minimum absolute atomic E-state index is 0.230. The molecule has 1 aromatic rings. The predicted octanol–water partition coefficient (Wildman–Crippen LogP) is 3.22. The summed E-state index contributed by atoms with van der Waals surface area (Å²) in [6, 6.07) is 8.14. The van der Waals surface area contributed by atoms with Crippen LogP contribution in [0.5, 0.6) is 0 Å². The molecule has 0 radical (unpaired) electrons. The van der Waals surface area contributed by atoms with E-state index in [1.54, 1.807) is 0 Å². The van der Waals surface area contributed by atoms with Crippen molar-refractivity contribution in [3.05, 3.63) is 34.9 Å². The lowest BCUT2D eigenvalue weighted by Gasteiger charge is -2.41. The molecular formula is C17H23ClN2O. The fourth-order valence-corrected chi connectivity index (χ4v) is 3.85. The number of hydrogen-bond acceptors (Lipinski definition) is 2. The molecule has 0 bridgehead atoms. The van der Waals surface area contributed by atoms with Gasteiger partial charge in [0.25, 0.3) is 0 Å². The number of benzene rings is 1. The van der Waals surface area contributed by atoms with E-state index in [0.29, 0.717) is 11.8 Å². The first-order chi connectivity index (χ1) is 10.2. The fourth-order valence-electron chi connectivity index (χ4n) is 3.64. The molecular weight excluding hydrogens is 284 g/mol. The Hall–Kier alpha value is -1.06. The van der Waals surface area contributed by atoms with Crippen molar-refractivity contribution in [2.45, 2.75) is 38.6 Å². The molecule has 3 nitrogen and oxygen atoms in total. The highest BCUT2D eigenvalue weighted by Gasteiger charge is 2.35. The lowest BCUT2D eigenvalue weighted by Crippen LogP contribution is -2.40. The number of carbonyl (C=O) groups excluding carboxylic acids is 1. The van der Waals surface area contributed by atoms with Crippen molar-refractivity contribution in [2.24, 2.45) is 5.41 Å². The first kappa shape index (κ1) is 14.9. The van der Waals surface area contributed by atoms with E-state index in [1.165, 1.54) is 18.4 Å². The normalized spacial score (nSPS) is 22.8. The Morgan fingerprint density at radius 1 is 1.19 bits per heavy atom. The molecule has 0 aromatic heterocycles. The smallest absolute Gasteiger partial charge is 0.220 e. The summed E-state index contributed by atoms with van der Waals surface area (Å²) in [6.45, 7) is 4.09. The first-order valence-electron chi connectivity index (χ1n) is 7.89. The molecule has 1 spiro atoms. The molecule has 114 valence electrons. The minimum Gasteiger partial charge on any atom is -0.356 e. The van der Waals surface area contributed by atoms with Crippen molar-refractivity contribution in [1.29, 1.82) is 0 Å². The second-order valence-electron chi connectivity index (χ2n) is 6.51. The standard InChI is InChI=1S/C17H23ClN2O/c18-15-3-1-2-14(12-15)13-20-10-7-17(8-11-20)5-4-16(21)19-9-6-17/h1-3,12H,4-11,13H2,(H,19,21). The van der Waals surface area contributed by atoms with Gasteiger partial charge in [-0.1, -0.05) is 23.7 Å². The SMILES string of the molecule is O=C1CCC2(CCN1)CCN(Cc1cccc(Cl)c1)CC2. The zero-order chi connectivity index (χ0) is 14.7. The van der Waals surface area contributed by atoms with Crippen molar-refractivity contribution in [2.75, 3.05) is 19.6 Å². The van der Waals surface area contributed by atoms with Gasteiger partial charge in [-0.25, -0.2) is 0 Å². The number of nitrogens with one attached hydrogen (secondary N) is 1. The lowest BCUT2D eigenvalue weighted by molar-refractivity contribution is -0.121. The van der Waals surface area contributed by atoms with Gasteiger partial charge >= 0.3 is 0 Å². The van der Waals surface area contributed by atoms with Crippen LogP contribution < -0.4 is 5.32 Å². The molecule has 2 fully saturated rings. The van der Waals surface area contributed by atoms with Crippen molar-refractivity contribution in [3.8, 4) is 0 Å². The summed E-state index contributed by atoms with van der Waals surface area (Å²) < 4.78 is 0. The summed E-state index contributed by atoms with van der Waals surface area (Å²) in [5.74, 6) is 0.230. The van der Waals surface area contributed by atoms with E-state index >= 15 is 0 Å². The van der Waals surface area contributed by atoms with E-state index in [1.807, 2.05) is 12.1 Å². The van der Waals surface area contributed by atoms with Crippen LogP contribution in [-0.4, -0.2) is 30.4 Å². The Bertz CT molecular complexity index is 509. The van der Waals surface area contributed by atoms with Crippen molar-refractivity contribution < 1.29 is 4.79 Å². The molecule has 2 heterocycles. The molecule has 2 aliphatic rings. The molecule has 2 aliphatic heterocycles. The summed E-state index contributed by atoms with van der Waals surface area (Å²) in [7, 11) is 0. The van der Waals surface area contributed by atoms with Crippen molar-refractivity contribution in [1.82, 2.24) is 10.2 Å². The third-order valence-electron chi connectivity index (χ3n) is 5.07. The highest BCUT2D eigenvalue weighted by molar-refractivity contribution is 6.30. The Kier molecular flexibility index (Phi) is 4.51. The molecule has 4 heteroatoms. The summed E-state index contributed by atoms with van der Waals surface area (Å²) in [5, 5.41) is 3.82. The number of nitrogens with zero attached hydrogens (tertiary/aromatic N) is 1. The topological polar surface area (TPSA) is 32.3 Å². The van der Waals surface area contributed by atoms with E-state index in [9.17, 15) is 4.79 Å². The van der Waals surface area contributed by atoms with Gasteiger partial charge in [0.1, 0.15) is 0 Å². The molecule has 0 unspecified atom stereocenters. The van der Waals surface area contributed by atoms with Crippen LogP contribution >= 0.6 is 11.6 Å². The van der Waals surface area contributed by atoms with Gasteiger partial charge in [-0.15, -0.1) is 0 Å². The van der Waals surface area contributed by atoms with E-state index in [0.717, 1.165) is 44.0 Å². The van der Waals surface area contributed by atoms with Crippen LogP contribution in [0.1, 0.15) is 37.7 Å². The monoisotopic (exact) mass is 306 g/mol. The maximum absolute atomic E-state index is 11.5. The highest BCUT2D eigenvalue weighted by Crippen LogP contribution is 2.40. The summed E-state index contributed by atoms with van der Waals surface area (Å²) in [4.78, 5) is 14.0. The number of amides is 1. The zero-order valence-corrected chi connectivity index (χ0v) is 13.2. The molecule has 0 atom stereocenters. The molecule has 1 amide bonds. The Balaban J connectivity index is 1.56. The third-order valence-corrected chi connectivity index (χ3v) is 5.31.